The Hall–Kier alpha value is -3.21. The van der Waals surface area contributed by atoms with Gasteiger partial charge in [-0.25, -0.2) is 8.42 Å². The molecule has 0 radical (unpaired) electrons. The van der Waals surface area contributed by atoms with E-state index < -0.39 is 28.5 Å². The van der Waals surface area contributed by atoms with Gasteiger partial charge in [0.15, 0.2) is 6.61 Å². The second-order valence-corrected chi connectivity index (χ2v) is 10.4. The zero-order valence-electron chi connectivity index (χ0n) is 19.6. The first kappa shape index (κ1) is 24.9. The highest BCUT2D eigenvalue weighted by atomic mass is 32.2. The van der Waals surface area contributed by atoms with Crippen LogP contribution in [0.3, 0.4) is 0 Å². The Kier molecular flexibility index (Phi) is 7.84. The van der Waals surface area contributed by atoms with Gasteiger partial charge in [-0.3, -0.25) is 9.59 Å². The third-order valence-electron chi connectivity index (χ3n) is 5.96. The summed E-state index contributed by atoms with van der Waals surface area (Å²) in [5, 5.41) is 3.78. The fourth-order valence-electron chi connectivity index (χ4n) is 4.00. The number of rotatable bonds is 9. The maximum absolute atomic E-state index is 12.9. The fourth-order valence-corrected chi connectivity index (χ4v) is 5.43. The number of hydrogen-bond acceptors (Lipinski definition) is 6. The number of H-pyrrole nitrogens is 1. The van der Waals surface area contributed by atoms with E-state index in [9.17, 15) is 18.0 Å². The van der Waals surface area contributed by atoms with E-state index in [1.807, 2.05) is 30.5 Å². The number of carbonyl (C=O) groups is 2. The van der Waals surface area contributed by atoms with Crippen LogP contribution in [-0.4, -0.2) is 62.5 Å². The Balaban J connectivity index is 1.27. The van der Waals surface area contributed by atoms with Crippen LogP contribution in [0, 0.1) is 6.92 Å². The highest BCUT2D eigenvalue weighted by molar-refractivity contribution is 7.89. The van der Waals surface area contributed by atoms with E-state index in [0.29, 0.717) is 30.9 Å². The SMILES string of the molecule is Cc1ccc(S(=O)(=O)N2CCOCC2)cc1NC(=O)COC(=O)CCCc1c[nH]c2ccccc12. The number of aromatic amines is 1. The second kappa shape index (κ2) is 11.0. The number of nitrogens with one attached hydrogen (secondary N) is 2. The van der Waals surface area contributed by atoms with Crippen LogP contribution in [0.1, 0.15) is 24.0 Å². The van der Waals surface area contributed by atoms with Gasteiger partial charge in [0.05, 0.1) is 18.1 Å². The van der Waals surface area contributed by atoms with E-state index in [4.69, 9.17) is 9.47 Å². The third kappa shape index (κ3) is 6.08. The monoisotopic (exact) mass is 499 g/mol. The van der Waals surface area contributed by atoms with Crippen molar-refractivity contribution in [1.82, 2.24) is 9.29 Å². The minimum absolute atomic E-state index is 0.0922. The highest BCUT2D eigenvalue weighted by Gasteiger charge is 2.27. The van der Waals surface area contributed by atoms with Crippen molar-refractivity contribution in [2.75, 3.05) is 38.2 Å². The number of para-hydroxylation sites is 1. The molecular weight excluding hydrogens is 470 g/mol. The normalized spacial score (nSPS) is 14.7. The van der Waals surface area contributed by atoms with Crippen LogP contribution in [0.4, 0.5) is 5.69 Å². The topological polar surface area (TPSA) is 118 Å². The molecule has 35 heavy (non-hydrogen) atoms. The number of esters is 1. The number of morpholine rings is 1. The molecule has 186 valence electrons. The van der Waals surface area contributed by atoms with Gasteiger partial charge in [0.2, 0.25) is 10.0 Å². The lowest BCUT2D eigenvalue weighted by Gasteiger charge is -2.26. The molecule has 4 rings (SSSR count). The summed E-state index contributed by atoms with van der Waals surface area (Å²) >= 11 is 0. The van der Waals surface area contributed by atoms with E-state index in [-0.39, 0.29) is 24.4 Å². The maximum Gasteiger partial charge on any atom is 0.306 e. The summed E-state index contributed by atoms with van der Waals surface area (Å²) in [4.78, 5) is 27.8. The minimum atomic E-state index is -3.69. The molecule has 2 heterocycles. The number of anilines is 1. The maximum atomic E-state index is 12.9. The van der Waals surface area contributed by atoms with Gasteiger partial charge < -0.3 is 19.8 Å². The van der Waals surface area contributed by atoms with Crippen LogP contribution >= 0.6 is 0 Å². The number of sulfonamides is 1. The predicted molar refractivity (Wildman–Crippen MR) is 132 cm³/mol. The molecule has 0 bridgehead atoms. The van der Waals surface area contributed by atoms with Gasteiger partial charge in [-0.2, -0.15) is 4.31 Å². The first-order valence-corrected chi connectivity index (χ1v) is 13.0. The number of carbonyl (C=O) groups excluding carboxylic acids is 2. The summed E-state index contributed by atoms with van der Waals surface area (Å²) in [6.45, 7) is 2.59. The average Bonchev–Trinajstić information content (AvgIpc) is 3.27. The molecule has 0 aliphatic carbocycles. The molecule has 0 spiro atoms. The molecule has 1 saturated heterocycles. The lowest BCUT2D eigenvalue weighted by atomic mass is 10.1. The Morgan fingerprint density at radius 3 is 2.71 bits per heavy atom. The molecule has 1 aromatic heterocycles. The zero-order chi connectivity index (χ0) is 24.8. The molecule has 0 unspecified atom stereocenters. The molecule has 1 aliphatic rings. The number of amides is 1. The van der Waals surface area contributed by atoms with Crippen molar-refractivity contribution >= 4 is 38.5 Å². The number of benzene rings is 2. The molecule has 3 aromatic rings. The van der Waals surface area contributed by atoms with Gasteiger partial charge in [0, 0.05) is 42.3 Å². The van der Waals surface area contributed by atoms with E-state index in [2.05, 4.69) is 10.3 Å². The molecule has 1 amide bonds. The highest BCUT2D eigenvalue weighted by Crippen LogP contribution is 2.24. The predicted octanol–water partition coefficient (Wildman–Crippen LogP) is 3.00. The van der Waals surface area contributed by atoms with Crippen molar-refractivity contribution in [3.8, 4) is 0 Å². The van der Waals surface area contributed by atoms with Gasteiger partial charge >= 0.3 is 5.97 Å². The summed E-state index contributed by atoms with van der Waals surface area (Å²) < 4.78 is 37.5. The van der Waals surface area contributed by atoms with Crippen molar-refractivity contribution in [1.29, 1.82) is 0 Å². The van der Waals surface area contributed by atoms with Crippen molar-refractivity contribution in [2.45, 2.75) is 31.1 Å². The second-order valence-electron chi connectivity index (χ2n) is 8.42. The first-order valence-electron chi connectivity index (χ1n) is 11.5. The third-order valence-corrected chi connectivity index (χ3v) is 7.85. The molecule has 2 aromatic carbocycles. The first-order chi connectivity index (χ1) is 16.8. The lowest BCUT2D eigenvalue weighted by Crippen LogP contribution is -2.40. The Morgan fingerprint density at radius 2 is 1.91 bits per heavy atom. The molecule has 2 N–H and O–H groups in total. The quantitative estimate of drug-likeness (QED) is 0.437. The van der Waals surface area contributed by atoms with Gasteiger partial charge in [-0.1, -0.05) is 24.3 Å². The van der Waals surface area contributed by atoms with Crippen LogP contribution < -0.4 is 5.32 Å². The van der Waals surface area contributed by atoms with Crippen molar-refractivity contribution in [2.24, 2.45) is 0 Å². The summed E-state index contributed by atoms with van der Waals surface area (Å²) in [6.07, 6.45) is 3.45. The Bertz CT molecular complexity index is 1310. The minimum Gasteiger partial charge on any atom is -0.456 e. The van der Waals surface area contributed by atoms with E-state index in [1.54, 1.807) is 13.0 Å². The van der Waals surface area contributed by atoms with Gasteiger partial charge in [-0.05, 0) is 49.1 Å². The number of ether oxygens (including phenoxy) is 2. The summed E-state index contributed by atoms with van der Waals surface area (Å²) in [7, 11) is -3.69. The van der Waals surface area contributed by atoms with Gasteiger partial charge in [0.1, 0.15) is 0 Å². The van der Waals surface area contributed by atoms with Crippen molar-refractivity contribution in [3.63, 3.8) is 0 Å². The van der Waals surface area contributed by atoms with Crippen molar-refractivity contribution < 1.29 is 27.5 Å². The van der Waals surface area contributed by atoms with Crippen LogP contribution in [0.5, 0.6) is 0 Å². The van der Waals surface area contributed by atoms with Crippen LogP contribution in [-0.2, 0) is 35.5 Å². The summed E-state index contributed by atoms with van der Waals surface area (Å²) in [5.41, 5.74) is 3.25. The zero-order valence-corrected chi connectivity index (χ0v) is 20.4. The van der Waals surface area contributed by atoms with Crippen LogP contribution in [0.2, 0.25) is 0 Å². The standard InChI is InChI=1S/C25H29N3O6S/c1-18-9-10-20(35(31,32)28-11-13-33-14-12-28)15-23(18)27-24(29)17-34-25(30)8-4-5-19-16-26-22-7-3-2-6-21(19)22/h2-3,6-7,9-10,15-16,26H,4-5,8,11-14,17H2,1H3,(H,27,29). The van der Waals surface area contributed by atoms with E-state index >= 15 is 0 Å². The number of fused-ring (bicyclic) bond motifs is 1. The molecule has 10 heteroatoms. The van der Waals surface area contributed by atoms with Crippen LogP contribution in [0.15, 0.2) is 53.6 Å². The van der Waals surface area contributed by atoms with Gasteiger partial charge in [0.25, 0.3) is 5.91 Å². The fraction of sp³-hybridized carbons (Fsp3) is 0.360. The number of nitrogens with zero attached hydrogens (tertiary/aromatic N) is 1. The summed E-state index contributed by atoms with van der Waals surface area (Å²) in [5.74, 6) is -0.987. The Morgan fingerprint density at radius 1 is 1.14 bits per heavy atom. The number of aryl methyl sites for hydroxylation is 2. The molecule has 1 aliphatic heterocycles. The van der Waals surface area contributed by atoms with Crippen LogP contribution in [0.25, 0.3) is 10.9 Å². The average molecular weight is 500 g/mol. The van der Waals surface area contributed by atoms with E-state index in [0.717, 1.165) is 22.9 Å². The number of aromatic nitrogens is 1. The molecule has 0 saturated carbocycles. The summed E-state index contributed by atoms with van der Waals surface area (Å²) in [6, 6.07) is 12.6. The van der Waals surface area contributed by atoms with Crippen molar-refractivity contribution in [3.05, 3.63) is 59.8 Å². The molecule has 0 atom stereocenters. The lowest BCUT2D eigenvalue weighted by molar-refractivity contribution is -0.147. The molecular formula is C25H29N3O6S. The van der Waals surface area contributed by atoms with Gasteiger partial charge in [-0.15, -0.1) is 0 Å². The molecule has 9 nitrogen and oxygen atoms in total. The molecule has 1 fully saturated rings. The van der Waals surface area contributed by atoms with E-state index in [1.165, 1.54) is 16.4 Å². The number of hydrogen-bond donors (Lipinski definition) is 2. The largest absolute Gasteiger partial charge is 0.456 e. The smallest absolute Gasteiger partial charge is 0.306 e. The Labute approximate surface area is 204 Å².